The van der Waals surface area contributed by atoms with E-state index in [0.29, 0.717) is 0 Å². The van der Waals surface area contributed by atoms with Crippen molar-refractivity contribution >= 4 is 11.8 Å². The highest BCUT2D eigenvalue weighted by Gasteiger charge is 2.41. The van der Waals surface area contributed by atoms with Crippen LogP contribution in [0, 0.1) is 0 Å². The van der Waals surface area contributed by atoms with E-state index >= 15 is 0 Å². The van der Waals surface area contributed by atoms with E-state index in [2.05, 4.69) is 12.2 Å². The topological polar surface area (TPSA) is 69.2 Å². The number of carbonyl (C=O) groups is 2. The summed E-state index contributed by atoms with van der Waals surface area (Å²) in [6.07, 6.45) is 12.7. The van der Waals surface area contributed by atoms with Crippen molar-refractivity contribution in [3.05, 3.63) is 0 Å². The van der Waals surface area contributed by atoms with Gasteiger partial charge in [0.15, 0.2) is 6.04 Å². The molecule has 0 rings (SSSR count). The summed E-state index contributed by atoms with van der Waals surface area (Å²) in [5.74, 6) is -1.63. The van der Waals surface area contributed by atoms with Gasteiger partial charge in [0.1, 0.15) is 5.97 Å². The monoisotopic (exact) mass is 370 g/mol. The Bertz CT molecular complexity index is 414. The van der Waals surface area contributed by atoms with Gasteiger partial charge in [0, 0.05) is 0 Å². The number of carbonyl (C=O) groups excluding carboxylic acids is 2. The summed E-state index contributed by atoms with van der Waals surface area (Å²) in [5.41, 5.74) is -0.866. The molecule has 0 saturated carbocycles. The Morgan fingerprint density at radius 1 is 0.885 bits per heavy atom. The van der Waals surface area contributed by atoms with Gasteiger partial charge in [0.25, 0.3) is 0 Å². The fourth-order valence-electron chi connectivity index (χ4n) is 3.22. The SMILES string of the molecule is CCCCCCCCCCCCNC(C)(C)C(=O)C(C(=O)[O-])[N+](C)(C)C. The minimum Gasteiger partial charge on any atom is -0.544 e. The number of rotatable bonds is 16. The maximum Gasteiger partial charge on any atom is 0.215 e. The predicted octanol–water partition coefficient (Wildman–Crippen LogP) is 2.67. The number of hydrogen-bond donors (Lipinski definition) is 1. The molecule has 1 N–H and O–H groups in total. The van der Waals surface area contributed by atoms with Crippen molar-refractivity contribution in [2.45, 2.75) is 96.6 Å². The number of hydrogen-bond acceptors (Lipinski definition) is 4. The largest absolute Gasteiger partial charge is 0.544 e. The molecule has 1 unspecified atom stereocenters. The molecule has 26 heavy (non-hydrogen) atoms. The summed E-state index contributed by atoms with van der Waals surface area (Å²) in [6.45, 7) is 6.49. The highest BCUT2D eigenvalue weighted by molar-refractivity contribution is 6.05. The molecule has 5 nitrogen and oxygen atoms in total. The smallest absolute Gasteiger partial charge is 0.215 e. The van der Waals surface area contributed by atoms with Gasteiger partial charge in [0.05, 0.1) is 26.7 Å². The number of quaternary nitrogens is 1. The van der Waals surface area contributed by atoms with Gasteiger partial charge in [0.2, 0.25) is 5.78 Å². The van der Waals surface area contributed by atoms with Crippen molar-refractivity contribution in [3.8, 4) is 0 Å². The van der Waals surface area contributed by atoms with Crippen molar-refractivity contribution < 1.29 is 19.2 Å². The molecule has 0 radical (unpaired) electrons. The zero-order chi connectivity index (χ0) is 20.2. The molecule has 0 aliphatic heterocycles. The Morgan fingerprint density at radius 2 is 1.31 bits per heavy atom. The van der Waals surface area contributed by atoms with Gasteiger partial charge in [-0.2, -0.15) is 0 Å². The molecule has 0 aliphatic rings. The Labute approximate surface area is 161 Å². The summed E-state index contributed by atoms with van der Waals surface area (Å²) < 4.78 is 0.0323. The summed E-state index contributed by atoms with van der Waals surface area (Å²) in [7, 11) is 5.12. The van der Waals surface area contributed by atoms with Crippen LogP contribution in [0.15, 0.2) is 0 Å². The summed E-state index contributed by atoms with van der Waals surface area (Å²) in [4.78, 5) is 24.1. The normalized spacial score (nSPS) is 13.6. The quantitative estimate of drug-likeness (QED) is 0.258. The van der Waals surface area contributed by atoms with Crippen LogP contribution >= 0.6 is 0 Å². The van der Waals surface area contributed by atoms with E-state index in [1.54, 1.807) is 35.0 Å². The first-order chi connectivity index (χ1) is 12.0. The molecular weight excluding hydrogens is 328 g/mol. The highest BCUT2D eigenvalue weighted by Crippen LogP contribution is 2.15. The molecule has 0 fully saturated rings. The van der Waals surface area contributed by atoms with Crippen molar-refractivity contribution in [3.63, 3.8) is 0 Å². The van der Waals surface area contributed by atoms with E-state index in [4.69, 9.17) is 0 Å². The molecule has 0 heterocycles. The van der Waals surface area contributed by atoms with Crippen LogP contribution in [0.5, 0.6) is 0 Å². The van der Waals surface area contributed by atoms with E-state index in [0.717, 1.165) is 19.4 Å². The number of nitrogens with one attached hydrogen (secondary N) is 1. The van der Waals surface area contributed by atoms with Crippen LogP contribution in [0.1, 0.15) is 85.0 Å². The lowest BCUT2D eigenvalue weighted by molar-refractivity contribution is -0.880. The van der Waals surface area contributed by atoms with Gasteiger partial charge in [-0.1, -0.05) is 64.7 Å². The van der Waals surface area contributed by atoms with Crippen molar-refractivity contribution in [1.29, 1.82) is 0 Å². The third-order valence-corrected chi connectivity index (χ3v) is 4.96. The molecule has 0 aromatic heterocycles. The molecule has 0 aromatic rings. The van der Waals surface area contributed by atoms with E-state index in [1.807, 2.05) is 0 Å². The van der Waals surface area contributed by atoms with Crippen molar-refractivity contribution in [2.24, 2.45) is 0 Å². The van der Waals surface area contributed by atoms with Crippen molar-refractivity contribution in [2.75, 3.05) is 27.7 Å². The summed E-state index contributed by atoms with van der Waals surface area (Å²) in [6, 6.07) is -1.16. The first-order valence-electron chi connectivity index (χ1n) is 10.4. The molecule has 0 aromatic carbocycles. The second-order valence-corrected chi connectivity index (χ2v) is 8.94. The molecule has 0 aliphatic carbocycles. The van der Waals surface area contributed by atoms with Crippen molar-refractivity contribution in [1.82, 2.24) is 5.32 Å². The zero-order valence-corrected chi connectivity index (χ0v) is 18.0. The van der Waals surface area contributed by atoms with Crippen LogP contribution < -0.4 is 10.4 Å². The lowest BCUT2D eigenvalue weighted by Gasteiger charge is -2.38. The average Bonchev–Trinajstić information content (AvgIpc) is 2.50. The lowest BCUT2D eigenvalue weighted by atomic mass is 9.91. The van der Waals surface area contributed by atoms with Gasteiger partial charge < -0.3 is 19.7 Å². The molecule has 5 heteroatoms. The Morgan fingerprint density at radius 3 is 1.69 bits per heavy atom. The van der Waals surface area contributed by atoms with Crippen LogP contribution in [-0.4, -0.2) is 55.5 Å². The molecular formula is C21H42N2O3. The Balaban J connectivity index is 4.03. The molecule has 0 saturated heterocycles. The number of unbranched alkanes of at least 4 members (excludes halogenated alkanes) is 9. The number of likely N-dealkylation sites (N-methyl/N-ethyl adjacent to an activating group) is 1. The van der Waals surface area contributed by atoms with E-state index < -0.39 is 17.6 Å². The fraction of sp³-hybridized carbons (Fsp3) is 0.905. The molecule has 1 atom stereocenters. The van der Waals surface area contributed by atoms with Gasteiger partial charge in [-0.3, -0.25) is 4.79 Å². The minimum absolute atomic E-state index is 0.0323. The van der Waals surface area contributed by atoms with Gasteiger partial charge in [-0.25, -0.2) is 0 Å². The number of Topliss-reactive ketones (excluding diaryl/α,β-unsaturated/α-hetero) is 1. The van der Waals surface area contributed by atoms with E-state index in [-0.39, 0.29) is 10.3 Å². The molecule has 0 bridgehead atoms. The maximum atomic E-state index is 12.7. The first-order valence-corrected chi connectivity index (χ1v) is 10.4. The van der Waals surface area contributed by atoms with Crippen LogP contribution in [0.2, 0.25) is 0 Å². The van der Waals surface area contributed by atoms with E-state index in [1.165, 1.54) is 51.4 Å². The zero-order valence-electron chi connectivity index (χ0n) is 18.0. The van der Waals surface area contributed by atoms with Gasteiger partial charge >= 0.3 is 0 Å². The Kier molecular flexibility index (Phi) is 12.0. The number of carboxylic acid groups (broad SMARTS) is 1. The molecule has 0 amide bonds. The van der Waals surface area contributed by atoms with E-state index in [9.17, 15) is 14.7 Å². The summed E-state index contributed by atoms with van der Waals surface area (Å²) in [5, 5.41) is 14.7. The highest BCUT2D eigenvalue weighted by atomic mass is 16.4. The maximum absolute atomic E-state index is 12.7. The number of carboxylic acids is 1. The number of ketones is 1. The predicted molar refractivity (Wildman–Crippen MR) is 106 cm³/mol. The second-order valence-electron chi connectivity index (χ2n) is 8.94. The fourth-order valence-corrected chi connectivity index (χ4v) is 3.22. The second kappa shape index (κ2) is 12.4. The van der Waals surface area contributed by atoms with Crippen LogP contribution in [0.4, 0.5) is 0 Å². The third kappa shape index (κ3) is 10.3. The summed E-state index contributed by atoms with van der Waals surface area (Å²) >= 11 is 0. The van der Waals surface area contributed by atoms with Crippen LogP contribution in [0.3, 0.4) is 0 Å². The van der Waals surface area contributed by atoms with Gasteiger partial charge in [-0.05, 0) is 26.8 Å². The standard InChI is InChI=1S/C21H42N2O3/c1-7-8-9-10-11-12-13-14-15-16-17-22-21(2,3)19(24)18(20(25)26)23(4,5)6/h18,22H,7-17H2,1-6H3. The van der Waals surface area contributed by atoms with Crippen LogP contribution in [0.25, 0.3) is 0 Å². The Hall–Kier alpha value is -0.940. The number of aliphatic carboxylic acids is 1. The number of nitrogens with zero attached hydrogens (tertiary/aromatic N) is 1. The van der Waals surface area contributed by atoms with Crippen LogP contribution in [-0.2, 0) is 9.59 Å². The van der Waals surface area contributed by atoms with Gasteiger partial charge in [-0.15, -0.1) is 0 Å². The molecule has 0 spiro atoms. The minimum atomic E-state index is -1.31. The third-order valence-electron chi connectivity index (χ3n) is 4.96. The lowest BCUT2D eigenvalue weighted by Crippen LogP contribution is -2.65. The molecule has 154 valence electrons. The first kappa shape index (κ1) is 25.1. The average molecular weight is 371 g/mol.